The molecule has 152 valence electrons. The van der Waals surface area contributed by atoms with Crippen molar-refractivity contribution in [2.45, 2.75) is 57.9 Å². The minimum absolute atomic E-state index is 0.0627. The van der Waals surface area contributed by atoms with Gasteiger partial charge in [-0.15, -0.1) is 0 Å². The number of imidazole rings is 1. The van der Waals surface area contributed by atoms with Gasteiger partial charge in [-0.3, -0.25) is 9.20 Å². The van der Waals surface area contributed by atoms with Crippen LogP contribution in [-0.4, -0.2) is 52.0 Å². The monoisotopic (exact) mass is 384 g/mol. The van der Waals surface area contributed by atoms with E-state index >= 15 is 0 Å². The average Bonchev–Trinajstić information content (AvgIpc) is 3.05. The fraction of sp³-hybridized carbons (Fsp3) is 0.636. The zero-order valence-corrected chi connectivity index (χ0v) is 17.3. The van der Waals surface area contributed by atoms with E-state index in [1.165, 1.54) is 0 Å². The van der Waals surface area contributed by atoms with Crippen LogP contribution in [0.1, 0.15) is 58.1 Å². The van der Waals surface area contributed by atoms with Crippen molar-refractivity contribution in [2.75, 3.05) is 31.6 Å². The second-order valence-corrected chi connectivity index (χ2v) is 9.16. The number of hydrogen-bond donors (Lipinski definition) is 1. The van der Waals surface area contributed by atoms with Crippen molar-refractivity contribution >= 4 is 17.4 Å². The molecule has 4 heterocycles. The number of carbonyl (C=O) groups excluding carboxylic acids is 1. The van der Waals surface area contributed by atoms with E-state index in [9.17, 15) is 4.79 Å². The van der Waals surface area contributed by atoms with Gasteiger partial charge in [0, 0.05) is 49.9 Å². The van der Waals surface area contributed by atoms with Crippen LogP contribution in [0.5, 0.6) is 0 Å². The molecular weight excluding hydrogens is 352 g/mol. The normalized spacial score (nSPS) is 21.8. The van der Waals surface area contributed by atoms with Gasteiger partial charge in [-0.25, -0.2) is 4.98 Å². The molecule has 1 N–H and O–H groups in total. The van der Waals surface area contributed by atoms with E-state index in [1.54, 1.807) is 0 Å². The van der Waals surface area contributed by atoms with Crippen LogP contribution in [0.2, 0.25) is 0 Å². The second kappa shape index (κ2) is 7.74. The summed E-state index contributed by atoms with van der Waals surface area (Å²) >= 11 is 0. The van der Waals surface area contributed by atoms with E-state index in [0.717, 1.165) is 55.9 Å². The van der Waals surface area contributed by atoms with Gasteiger partial charge in [0.15, 0.2) is 0 Å². The number of hydrogen-bond acceptors (Lipinski definition) is 4. The molecule has 0 spiro atoms. The Bertz CT molecular complexity index is 833. The summed E-state index contributed by atoms with van der Waals surface area (Å²) in [4.78, 5) is 20.1. The summed E-state index contributed by atoms with van der Waals surface area (Å²) in [7, 11) is 0. The Morgan fingerprint density at radius 1 is 1.21 bits per heavy atom. The van der Waals surface area contributed by atoms with Crippen LogP contribution in [0.15, 0.2) is 24.4 Å². The molecule has 0 saturated carbocycles. The Kier molecular flexibility index (Phi) is 5.32. The van der Waals surface area contributed by atoms with Crippen LogP contribution >= 0.6 is 0 Å². The van der Waals surface area contributed by atoms with Gasteiger partial charge in [0.1, 0.15) is 11.5 Å². The minimum atomic E-state index is -0.0627. The molecule has 0 aromatic carbocycles. The molecule has 2 saturated heterocycles. The highest BCUT2D eigenvalue weighted by molar-refractivity contribution is 5.79. The van der Waals surface area contributed by atoms with Gasteiger partial charge < -0.3 is 15.0 Å². The number of amides is 1. The maximum Gasteiger partial charge on any atom is 0.225 e. The molecule has 2 fully saturated rings. The zero-order valence-electron chi connectivity index (χ0n) is 17.3. The summed E-state index contributed by atoms with van der Waals surface area (Å²) in [5.74, 6) is 1.76. The molecule has 1 amide bonds. The molecule has 0 aliphatic carbocycles. The largest absolute Gasteiger partial charge is 0.381 e. The molecule has 6 nitrogen and oxygen atoms in total. The van der Waals surface area contributed by atoms with Crippen LogP contribution < -0.4 is 5.32 Å². The fourth-order valence-corrected chi connectivity index (χ4v) is 4.38. The predicted molar refractivity (Wildman–Crippen MR) is 111 cm³/mol. The Labute approximate surface area is 167 Å². The minimum Gasteiger partial charge on any atom is -0.381 e. The van der Waals surface area contributed by atoms with E-state index < -0.39 is 0 Å². The van der Waals surface area contributed by atoms with Gasteiger partial charge in [-0.2, -0.15) is 0 Å². The predicted octanol–water partition coefficient (Wildman–Crippen LogP) is 3.68. The highest BCUT2D eigenvalue weighted by Crippen LogP contribution is 2.34. The lowest BCUT2D eigenvalue weighted by atomic mass is 9.91. The number of fused-ring (bicyclic) bond motifs is 1. The Morgan fingerprint density at radius 3 is 2.75 bits per heavy atom. The van der Waals surface area contributed by atoms with Gasteiger partial charge >= 0.3 is 0 Å². The second-order valence-electron chi connectivity index (χ2n) is 9.16. The smallest absolute Gasteiger partial charge is 0.225 e. The molecule has 28 heavy (non-hydrogen) atoms. The zero-order chi connectivity index (χ0) is 19.7. The first-order chi connectivity index (χ1) is 13.4. The van der Waals surface area contributed by atoms with Gasteiger partial charge in [-0.1, -0.05) is 6.07 Å². The lowest BCUT2D eigenvalue weighted by Crippen LogP contribution is -2.44. The molecule has 1 unspecified atom stereocenters. The van der Waals surface area contributed by atoms with Crippen molar-refractivity contribution < 1.29 is 9.53 Å². The third kappa shape index (κ3) is 4.02. The third-order valence-electron chi connectivity index (χ3n) is 5.74. The number of ether oxygens (including phenoxy) is 1. The molecule has 4 rings (SSSR count). The summed E-state index contributed by atoms with van der Waals surface area (Å²) in [6.45, 7) is 9.55. The molecular formula is C22H32N4O2. The van der Waals surface area contributed by atoms with Crippen molar-refractivity contribution in [2.24, 2.45) is 5.92 Å². The maximum absolute atomic E-state index is 13.0. The Balaban J connectivity index is 1.60. The van der Waals surface area contributed by atoms with Crippen LogP contribution in [0.25, 0.3) is 5.65 Å². The molecule has 0 bridgehead atoms. The molecule has 2 aliphatic rings. The van der Waals surface area contributed by atoms with Crippen molar-refractivity contribution in [3.8, 4) is 0 Å². The fourth-order valence-electron chi connectivity index (χ4n) is 4.38. The first kappa shape index (κ1) is 19.2. The lowest BCUT2D eigenvalue weighted by molar-refractivity contribution is -0.139. The van der Waals surface area contributed by atoms with Crippen LogP contribution in [0.4, 0.5) is 5.82 Å². The summed E-state index contributed by atoms with van der Waals surface area (Å²) in [5.41, 5.74) is 1.98. The quantitative estimate of drug-likeness (QED) is 0.877. The van der Waals surface area contributed by atoms with E-state index in [2.05, 4.69) is 41.6 Å². The number of rotatable bonds is 3. The van der Waals surface area contributed by atoms with Crippen LogP contribution in [0, 0.1) is 5.92 Å². The van der Waals surface area contributed by atoms with Gasteiger partial charge in [-0.05, 0) is 58.6 Å². The molecule has 0 radical (unpaired) electrons. The Hall–Kier alpha value is -2.08. The molecule has 6 heteroatoms. The van der Waals surface area contributed by atoms with E-state index in [-0.39, 0.29) is 17.4 Å². The van der Waals surface area contributed by atoms with Crippen molar-refractivity contribution in [1.29, 1.82) is 0 Å². The number of nitrogens with one attached hydrogen (secondary N) is 1. The highest BCUT2D eigenvalue weighted by Gasteiger charge is 2.33. The first-order valence-electron chi connectivity index (χ1n) is 10.5. The van der Waals surface area contributed by atoms with Crippen molar-refractivity contribution in [1.82, 2.24) is 14.3 Å². The van der Waals surface area contributed by atoms with E-state index in [0.29, 0.717) is 19.1 Å². The number of pyridine rings is 1. The highest BCUT2D eigenvalue weighted by atomic mass is 16.5. The number of aromatic nitrogens is 2. The Morgan fingerprint density at radius 2 is 2.00 bits per heavy atom. The first-order valence-corrected chi connectivity index (χ1v) is 10.5. The van der Waals surface area contributed by atoms with Gasteiger partial charge in [0.25, 0.3) is 0 Å². The van der Waals surface area contributed by atoms with E-state index in [4.69, 9.17) is 9.72 Å². The number of piperidine rings is 1. The average molecular weight is 385 g/mol. The maximum atomic E-state index is 13.0. The number of nitrogens with zero attached hydrogens (tertiary/aromatic N) is 3. The van der Waals surface area contributed by atoms with Gasteiger partial charge in [0.05, 0.1) is 5.69 Å². The number of anilines is 1. The lowest BCUT2D eigenvalue weighted by Gasteiger charge is -2.36. The summed E-state index contributed by atoms with van der Waals surface area (Å²) in [6, 6.07) is 6.11. The third-order valence-corrected chi connectivity index (χ3v) is 5.74. The number of carbonyl (C=O) groups is 1. The van der Waals surface area contributed by atoms with Crippen molar-refractivity contribution in [3.05, 3.63) is 30.1 Å². The van der Waals surface area contributed by atoms with Crippen molar-refractivity contribution in [3.63, 3.8) is 0 Å². The molecule has 1 atom stereocenters. The van der Waals surface area contributed by atoms with Crippen LogP contribution in [-0.2, 0) is 9.53 Å². The van der Waals surface area contributed by atoms with Crippen LogP contribution in [0.3, 0.4) is 0 Å². The summed E-state index contributed by atoms with van der Waals surface area (Å²) in [6.07, 6.45) is 5.87. The SMILES string of the molecule is CC(C)(C)Nc1c(C2CCCN(C(=O)C3CCOCC3)C2)nc2ccccn12. The van der Waals surface area contributed by atoms with Gasteiger partial charge in [0.2, 0.25) is 5.91 Å². The molecule has 2 aliphatic heterocycles. The summed E-state index contributed by atoms with van der Waals surface area (Å²) in [5, 5.41) is 3.66. The summed E-state index contributed by atoms with van der Waals surface area (Å²) < 4.78 is 7.57. The molecule has 2 aromatic heterocycles. The van der Waals surface area contributed by atoms with E-state index in [1.807, 2.05) is 18.2 Å². The molecule has 2 aromatic rings. The number of likely N-dealkylation sites (tertiary alicyclic amines) is 1. The topological polar surface area (TPSA) is 58.9 Å². The standard InChI is InChI=1S/C22H32N4O2/c1-22(2,3)24-20-19(23-18-8-4-5-12-26(18)20)17-7-6-11-25(15-17)21(27)16-9-13-28-14-10-16/h4-5,8,12,16-17,24H,6-7,9-11,13-15H2,1-3H3.